The highest BCUT2D eigenvalue weighted by atomic mass is 35.5. The lowest BCUT2D eigenvalue weighted by Crippen LogP contribution is -2.41. The van der Waals surface area contributed by atoms with Crippen molar-refractivity contribution in [2.75, 3.05) is 0 Å². The molecule has 0 spiro atoms. The van der Waals surface area contributed by atoms with Crippen LogP contribution >= 0.6 is 70.4 Å². The maximum absolute atomic E-state index is 10.8. The lowest BCUT2D eigenvalue weighted by molar-refractivity contribution is -0.108. The number of nitrogens with one attached hydrogen (secondary N) is 1. The van der Waals surface area contributed by atoms with Crippen LogP contribution in [0, 0.1) is 0 Å². The molecule has 0 heterocycles. The minimum Gasteiger partial charge on any atom is -0.276 e. The van der Waals surface area contributed by atoms with Crippen molar-refractivity contribution in [3.8, 4) is 0 Å². The summed E-state index contributed by atoms with van der Waals surface area (Å²) in [6.45, 7) is 7.67. The van der Waals surface area contributed by atoms with Gasteiger partial charge in [-0.15, -0.1) is 24.0 Å². The molecular weight excluding hydrogens is 501 g/mol. The number of hydrogen-bond acceptors (Lipinski definition) is 4. The van der Waals surface area contributed by atoms with E-state index in [1.165, 1.54) is 12.2 Å². The number of nitrogens with two attached hydrogens (primary N) is 1. The van der Waals surface area contributed by atoms with Crippen molar-refractivity contribution >= 4 is 80.9 Å². The summed E-state index contributed by atoms with van der Waals surface area (Å²) in [5.41, 5.74) is 3.47. The van der Waals surface area contributed by atoms with Crippen LogP contribution in [0.1, 0.15) is 38.1 Å². The molecule has 1 aliphatic rings. The summed E-state index contributed by atoms with van der Waals surface area (Å²) in [5, 5.41) is -1.01. The summed E-state index contributed by atoms with van der Waals surface area (Å²) in [5.74, 6) is 5.06. The van der Waals surface area contributed by atoms with E-state index in [2.05, 4.69) is 5.43 Å². The molecule has 29 heavy (non-hydrogen) atoms. The normalized spacial score (nSPS) is 19.3. The molecule has 4 nitrogen and oxygen atoms in total. The number of hydrazine groups is 1. The molecule has 164 valence electrons. The summed E-state index contributed by atoms with van der Waals surface area (Å²) < 4.78 is -1.32. The summed E-state index contributed by atoms with van der Waals surface area (Å²) in [6, 6.07) is 8.74. The second-order valence-corrected chi connectivity index (χ2v) is 9.80. The minimum atomic E-state index is -1.32. The number of hydrogen-bond donors (Lipinski definition) is 2. The van der Waals surface area contributed by atoms with Crippen molar-refractivity contribution in [3.05, 3.63) is 59.7 Å². The maximum atomic E-state index is 10.8. The summed E-state index contributed by atoms with van der Waals surface area (Å²) in [4.78, 5) is 20.3. The zero-order valence-corrected chi connectivity index (χ0v) is 20.9. The van der Waals surface area contributed by atoms with Gasteiger partial charge in [0.05, 0.1) is 4.87 Å². The van der Waals surface area contributed by atoms with Crippen molar-refractivity contribution in [1.82, 2.24) is 5.43 Å². The number of halogens is 6. The van der Waals surface area contributed by atoms with Crippen LogP contribution < -0.4 is 11.3 Å². The molecular formula is C19H24Cl6N2O2. The van der Waals surface area contributed by atoms with Crippen LogP contribution in [0.3, 0.4) is 0 Å². The molecule has 0 saturated carbocycles. The van der Waals surface area contributed by atoms with Gasteiger partial charge in [0, 0.05) is 16.7 Å². The summed E-state index contributed by atoms with van der Waals surface area (Å²) in [6.07, 6.45) is 4.40. The van der Waals surface area contributed by atoms with Crippen LogP contribution in [0.5, 0.6) is 0 Å². The number of rotatable bonds is 2. The highest BCUT2D eigenvalue weighted by Gasteiger charge is 2.43. The smallest absolute Gasteiger partial charge is 0.252 e. The molecule has 3 N–H and O–H groups in total. The molecule has 1 atom stereocenters. The lowest BCUT2D eigenvalue weighted by atomic mass is 9.97. The van der Waals surface area contributed by atoms with Crippen LogP contribution in [0.2, 0.25) is 0 Å². The first-order chi connectivity index (χ1) is 12.6. The van der Waals surface area contributed by atoms with Crippen molar-refractivity contribution < 1.29 is 9.59 Å². The number of carbonyl (C=O) groups excluding carboxylic acids is 2. The largest absolute Gasteiger partial charge is 0.276 e. The zero-order valence-electron chi connectivity index (χ0n) is 16.3. The van der Waals surface area contributed by atoms with Crippen LogP contribution in [-0.4, -0.2) is 25.2 Å². The van der Waals surface area contributed by atoms with Gasteiger partial charge in [0.2, 0.25) is 0 Å². The standard InChI is InChI=1S/C8H6Cl4O.C7H5ClO.C4H12N2.ClH/c1-7(10)3-2-5(6(9)13)4-8(7,11)12;8-7(9)6-4-2-1-3-5-6;1-4(2,3)6-5;/h2-4H,1H3;1-5H;6H,5H2,1-3H3;1H. The van der Waals surface area contributed by atoms with Crippen molar-refractivity contribution in [2.45, 2.75) is 42.4 Å². The van der Waals surface area contributed by atoms with Gasteiger partial charge < -0.3 is 0 Å². The zero-order chi connectivity index (χ0) is 22.2. The first-order valence-electron chi connectivity index (χ1n) is 8.04. The Bertz CT molecular complexity index is 726. The van der Waals surface area contributed by atoms with Crippen molar-refractivity contribution in [1.29, 1.82) is 0 Å². The molecule has 2 rings (SSSR count). The fourth-order valence-electron chi connectivity index (χ4n) is 1.43. The Hall–Kier alpha value is -0.300. The van der Waals surface area contributed by atoms with Gasteiger partial charge in [-0.2, -0.15) is 0 Å². The molecule has 10 heteroatoms. The average molecular weight is 525 g/mol. The summed E-state index contributed by atoms with van der Waals surface area (Å²) >= 11 is 28.2. The Morgan fingerprint density at radius 2 is 1.45 bits per heavy atom. The predicted molar refractivity (Wildman–Crippen MR) is 128 cm³/mol. The molecule has 0 fully saturated rings. The minimum absolute atomic E-state index is 0. The lowest BCUT2D eigenvalue weighted by Gasteiger charge is -2.32. The number of alkyl halides is 3. The highest BCUT2D eigenvalue weighted by Crippen LogP contribution is 2.44. The Morgan fingerprint density at radius 1 is 1.00 bits per heavy atom. The first-order valence-corrected chi connectivity index (χ1v) is 9.93. The fraction of sp³-hybridized carbons (Fsp3) is 0.368. The van der Waals surface area contributed by atoms with Gasteiger partial charge in [-0.1, -0.05) is 65.7 Å². The first kappa shape index (κ1) is 30.9. The Kier molecular flexibility index (Phi) is 14.0. The molecule has 1 aromatic carbocycles. The molecule has 1 aromatic rings. The van der Waals surface area contributed by atoms with Crippen LogP contribution in [0.15, 0.2) is 54.1 Å². The predicted octanol–water partition coefficient (Wildman–Crippen LogP) is 6.16. The SMILES string of the molecule is CC(C)(C)NN.CC1(Cl)C=CC(C(=O)Cl)=CC1(Cl)Cl.Cl.O=C(Cl)c1ccccc1. The van der Waals surface area contributed by atoms with E-state index in [0.29, 0.717) is 5.56 Å². The molecule has 1 aliphatic carbocycles. The Balaban J connectivity index is 0. The number of benzene rings is 1. The molecule has 0 aromatic heterocycles. The van der Waals surface area contributed by atoms with Gasteiger partial charge in [-0.25, -0.2) is 0 Å². The maximum Gasteiger partial charge on any atom is 0.252 e. The van der Waals surface area contributed by atoms with Gasteiger partial charge in [0.15, 0.2) is 4.33 Å². The van der Waals surface area contributed by atoms with Crippen LogP contribution in [0.4, 0.5) is 0 Å². The van der Waals surface area contributed by atoms with Gasteiger partial charge in [0.1, 0.15) is 0 Å². The molecule has 1 unspecified atom stereocenters. The topological polar surface area (TPSA) is 72.2 Å². The van der Waals surface area contributed by atoms with Crippen LogP contribution in [0.25, 0.3) is 0 Å². The fourth-order valence-corrected chi connectivity index (χ4v) is 2.16. The van der Waals surface area contributed by atoms with E-state index in [1.54, 1.807) is 37.3 Å². The third kappa shape index (κ3) is 12.2. The van der Waals surface area contributed by atoms with Gasteiger partial charge >= 0.3 is 0 Å². The third-order valence-electron chi connectivity index (χ3n) is 3.23. The average Bonchev–Trinajstić information content (AvgIpc) is 2.58. The number of allylic oxidation sites excluding steroid dienone is 4. The second-order valence-electron chi connectivity index (χ2n) is 6.94. The van der Waals surface area contributed by atoms with E-state index in [0.717, 1.165) is 0 Å². The Labute approximate surface area is 203 Å². The second kappa shape index (κ2) is 13.2. The van der Waals surface area contributed by atoms with E-state index in [-0.39, 0.29) is 23.5 Å². The van der Waals surface area contributed by atoms with E-state index in [1.807, 2.05) is 26.8 Å². The van der Waals surface area contributed by atoms with E-state index in [4.69, 9.17) is 63.8 Å². The van der Waals surface area contributed by atoms with Gasteiger partial charge in [-0.05, 0) is 57.0 Å². The number of carbonyl (C=O) groups is 2. The van der Waals surface area contributed by atoms with Crippen LogP contribution in [-0.2, 0) is 4.79 Å². The Morgan fingerprint density at radius 3 is 1.72 bits per heavy atom. The van der Waals surface area contributed by atoms with Crippen molar-refractivity contribution in [3.63, 3.8) is 0 Å². The van der Waals surface area contributed by atoms with E-state index >= 15 is 0 Å². The quantitative estimate of drug-likeness (QED) is 0.210. The van der Waals surface area contributed by atoms with Crippen molar-refractivity contribution in [2.24, 2.45) is 5.84 Å². The van der Waals surface area contributed by atoms with Gasteiger partial charge in [-0.3, -0.25) is 20.9 Å². The highest BCUT2D eigenvalue weighted by molar-refractivity contribution is 6.68. The van der Waals surface area contributed by atoms with E-state index < -0.39 is 19.7 Å². The van der Waals surface area contributed by atoms with E-state index in [9.17, 15) is 9.59 Å². The monoisotopic (exact) mass is 522 g/mol. The van der Waals surface area contributed by atoms with Gasteiger partial charge in [0.25, 0.3) is 10.5 Å². The third-order valence-corrected chi connectivity index (χ3v) is 5.28. The molecule has 0 aliphatic heterocycles. The molecule has 0 amide bonds. The summed E-state index contributed by atoms with van der Waals surface area (Å²) in [7, 11) is 0. The molecule has 0 radical (unpaired) electrons. The molecule has 0 saturated heterocycles. The molecule has 0 bridgehead atoms.